The highest BCUT2D eigenvalue weighted by atomic mass is 32.2. The molecule has 0 amide bonds. The van der Waals surface area contributed by atoms with Crippen LogP contribution < -0.4 is 0 Å². The third kappa shape index (κ3) is 1.23. The van der Waals surface area contributed by atoms with Gasteiger partial charge in [0.25, 0.3) is 0 Å². The Balaban J connectivity index is 2.36. The molecule has 58 valence electrons. The first-order valence-corrected chi connectivity index (χ1v) is 5.18. The van der Waals surface area contributed by atoms with Crippen LogP contribution in [0.1, 0.15) is 6.42 Å². The normalized spacial score (nSPS) is 34.7. The van der Waals surface area contributed by atoms with Gasteiger partial charge in [0.2, 0.25) is 0 Å². The molecule has 2 unspecified atom stereocenters. The van der Waals surface area contributed by atoms with Crippen LogP contribution in [0.2, 0.25) is 0 Å². The van der Waals surface area contributed by atoms with E-state index < -0.39 is 10.8 Å². The fourth-order valence-corrected chi connectivity index (χ4v) is 2.78. The third-order valence-electron chi connectivity index (χ3n) is 2.00. The number of fused-ring (bicyclic) bond motifs is 1. The Morgan fingerprint density at radius 2 is 2.36 bits per heavy atom. The van der Waals surface area contributed by atoms with Gasteiger partial charge < -0.3 is 0 Å². The van der Waals surface area contributed by atoms with Gasteiger partial charge in [-0.25, -0.2) is 0 Å². The molecule has 0 fully saturated rings. The van der Waals surface area contributed by atoms with Crippen LogP contribution in [-0.4, -0.2) is 15.2 Å². The zero-order chi connectivity index (χ0) is 7.68. The van der Waals surface area contributed by atoms with Gasteiger partial charge in [0.1, 0.15) is 0 Å². The van der Waals surface area contributed by atoms with Crippen molar-refractivity contribution in [3.63, 3.8) is 0 Å². The van der Waals surface area contributed by atoms with Gasteiger partial charge in [-0.15, -0.1) is 0 Å². The third-order valence-corrected chi connectivity index (χ3v) is 3.63. The lowest BCUT2D eigenvalue weighted by molar-refractivity contribution is 0.679. The summed E-state index contributed by atoms with van der Waals surface area (Å²) in [5.74, 6) is 0.826. The highest BCUT2D eigenvalue weighted by Gasteiger charge is 2.20. The maximum atomic E-state index is 11.4. The summed E-state index contributed by atoms with van der Waals surface area (Å²) in [6.07, 6.45) is 11.2. The van der Waals surface area contributed by atoms with E-state index in [1.165, 1.54) is 5.57 Å². The highest BCUT2D eigenvalue weighted by molar-refractivity contribution is 7.86. The smallest absolute Gasteiger partial charge is 0.0777 e. The first-order valence-electron chi connectivity index (χ1n) is 3.80. The van der Waals surface area contributed by atoms with E-state index >= 15 is 0 Å². The molecule has 0 saturated heterocycles. The van der Waals surface area contributed by atoms with Crippen molar-refractivity contribution in [1.29, 1.82) is 0 Å². The van der Waals surface area contributed by atoms with Gasteiger partial charge in [-0.2, -0.15) is 0 Å². The van der Waals surface area contributed by atoms with Crippen LogP contribution in [0.15, 0.2) is 36.0 Å². The van der Waals surface area contributed by atoms with Crippen molar-refractivity contribution in [2.24, 2.45) is 0 Å². The van der Waals surface area contributed by atoms with Crippen LogP contribution in [-0.2, 0) is 10.8 Å². The second-order valence-electron chi connectivity index (χ2n) is 2.74. The van der Waals surface area contributed by atoms with Crippen molar-refractivity contribution in [1.82, 2.24) is 0 Å². The van der Waals surface area contributed by atoms with Crippen molar-refractivity contribution < 1.29 is 4.21 Å². The lowest BCUT2D eigenvalue weighted by Gasteiger charge is -2.20. The van der Waals surface area contributed by atoms with Gasteiger partial charge in [-0.3, -0.25) is 4.21 Å². The lowest BCUT2D eigenvalue weighted by atomic mass is 10.1. The zero-order valence-electron chi connectivity index (χ0n) is 6.19. The Labute approximate surface area is 69.0 Å². The predicted octanol–water partition coefficient (Wildman–Crippen LogP) is 1.56. The summed E-state index contributed by atoms with van der Waals surface area (Å²) in [6.45, 7) is 0. The molecule has 2 rings (SSSR count). The first-order chi connectivity index (χ1) is 5.38. The minimum Gasteiger partial charge on any atom is -0.259 e. The van der Waals surface area contributed by atoms with Crippen LogP contribution in [0.5, 0.6) is 0 Å². The molecule has 0 aromatic carbocycles. The molecule has 1 nitrogen and oxygen atoms in total. The molecule has 2 atom stereocenters. The second-order valence-corrected chi connectivity index (χ2v) is 4.42. The van der Waals surface area contributed by atoms with Crippen molar-refractivity contribution >= 4 is 10.8 Å². The van der Waals surface area contributed by atoms with Gasteiger partial charge in [0.15, 0.2) is 0 Å². The molecule has 2 aliphatic rings. The number of hydrogen-bond donors (Lipinski definition) is 0. The molecule has 0 saturated carbocycles. The minimum atomic E-state index is -0.663. The molecular weight excluding hydrogens is 156 g/mol. The molecule has 0 bridgehead atoms. The van der Waals surface area contributed by atoms with Crippen molar-refractivity contribution in [2.45, 2.75) is 11.7 Å². The van der Waals surface area contributed by atoms with Crippen LogP contribution >= 0.6 is 0 Å². The van der Waals surface area contributed by atoms with Gasteiger partial charge in [0, 0.05) is 16.6 Å². The van der Waals surface area contributed by atoms with Gasteiger partial charge in [0.05, 0.1) is 5.25 Å². The Kier molecular flexibility index (Phi) is 1.78. The topological polar surface area (TPSA) is 17.1 Å². The van der Waals surface area contributed by atoms with Crippen molar-refractivity contribution in [2.75, 3.05) is 5.75 Å². The number of hydrogen-bond acceptors (Lipinski definition) is 1. The molecule has 11 heavy (non-hydrogen) atoms. The molecule has 0 aromatic rings. The van der Waals surface area contributed by atoms with Crippen LogP contribution in [0.25, 0.3) is 0 Å². The standard InChI is InChI=1S/C9H10OS/c10-11-7-3-5-8-4-1-2-6-9(8)11/h1-2,4-6,9H,3,7H2. The first kappa shape index (κ1) is 7.04. The SMILES string of the molecule is O=S1CCC=C2C=CC=CC21. The van der Waals surface area contributed by atoms with Crippen LogP contribution in [0.4, 0.5) is 0 Å². The van der Waals surface area contributed by atoms with E-state index in [9.17, 15) is 4.21 Å². The Bertz CT molecular complexity index is 273. The fourth-order valence-electron chi connectivity index (χ4n) is 1.43. The molecule has 1 heterocycles. The average Bonchev–Trinajstić information content (AvgIpc) is 2.06. The molecule has 0 aromatic heterocycles. The second kappa shape index (κ2) is 2.78. The van der Waals surface area contributed by atoms with Crippen LogP contribution in [0.3, 0.4) is 0 Å². The number of rotatable bonds is 0. The zero-order valence-corrected chi connectivity index (χ0v) is 7.01. The highest BCUT2D eigenvalue weighted by Crippen LogP contribution is 2.22. The van der Waals surface area contributed by atoms with Crippen molar-refractivity contribution in [3.05, 3.63) is 36.0 Å². The average molecular weight is 166 g/mol. The van der Waals surface area contributed by atoms with E-state index in [1.54, 1.807) is 0 Å². The number of allylic oxidation sites excluding steroid dienone is 4. The summed E-state index contributed by atoms with van der Waals surface area (Å²) in [5, 5.41) is 0.189. The van der Waals surface area contributed by atoms with Gasteiger partial charge in [-0.1, -0.05) is 30.4 Å². The largest absolute Gasteiger partial charge is 0.259 e. The maximum Gasteiger partial charge on any atom is 0.0777 e. The van der Waals surface area contributed by atoms with Gasteiger partial charge >= 0.3 is 0 Å². The lowest BCUT2D eigenvalue weighted by Crippen LogP contribution is -2.21. The molecule has 2 heteroatoms. The van der Waals surface area contributed by atoms with E-state index in [4.69, 9.17) is 0 Å². The molecule has 0 radical (unpaired) electrons. The summed E-state index contributed by atoms with van der Waals surface area (Å²) in [6, 6.07) is 0. The quantitative estimate of drug-likeness (QED) is 0.533. The maximum absolute atomic E-state index is 11.4. The molecule has 0 spiro atoms. The Morgan fingerprint density at radius 1 is 1.45 bits per heavy atom. The summed E-state index contributed by atoms with van der Waals surface area (Å²) in [7, 11) is -0.663. The van der Waals surface area contributed by atoms with Crippen LogP contribution in [0, 0.1) is 0 Å². The minimum absolute atomic E-state index is 0.189. The van der Waals surface area contributed by atoms with E-state index in [0.29, 0.717) is 0 Å². The van der Waals surface area contributed by atoms with E-state index in [-0.39, 0.29) is 5.25 Å². The van der Waals surface area contributed by atoms with E-state index in [0.717, 1.165) is 12.2 Å². The Hall–Kier alpha value is -0.630. The van der Waals surface area contributed by atoms with Gasteiger partial charge in [-0.05, 0) is 12.0 Å². The predicted molar refractivity (Wildman–Crippen MR) is 47.8 cm³/mol. The summed E-state index contributed by atoms with van der Waals surface area (Å²) < 4.78 is 11.4. The molecule has 1 aliphatic carbocycles. The van der Waals surface area contributed by atoms with E-state index in [1.807, 2.05) is 18.2 Å². The molecule has 1 aliphatic heterocycles. The summed E-state index contributed by atoms with van der Waals surface area (Å²) in [4.78, 5) is 0. The monoisotopic (exact) mass is 166 g/mol. The fraction of sp³-hybridized carbons (Fsp3) is 0.333. The summed E-state index contributed by atoms with van der Waals surface area (Å²) >= 11 is 0. The van der Waals surface area contributed by atoms with Crippen molar-refractivity contribution in [3.8, 4) is 0 Å². The summed E-state index contributed by atoms with van der Waals surface area (Å²) in [5.41, 5.74) is 1.23. The van der Waals surface area contributed by atoms with E-state index in [2.05, 4.69) is 12.2 Å². The Morgan fingerprint density at radius 3 is 3.18 bits per heavy atom. The molecule has 0 N–H and O–H groups in total. The molecular formula is C9H10OS.